The lowest BCUT2D eigenvalue weighted by Crippen LogP contribution is -1.97. The number of thiazole rings is 1. The third-order valence-electron chi connectivity index (χ3n) is 1.43. The molecule has 0 spiro atoms. The molecule has 0 saturated carbocycles. The summed E-state index contributed by atoms with van der Waals surface area (Å²) in [6.45, 7) is 3.47. The SMILES string of the molecule is CCOCCc1nc(CO)cs1. The van der Waals surface area contributed by atoms with Gasteiger partial charge in [0.15, 0.2) is 0 Å². The molecule has 0 bridgehead atoms. The third-order valence-corrected chi connectivity index (χ3v) is 2.38. The standard InChI is InChI=1S/C8H13NO2S/c1-2-11-4-3-8-9-7(5-10)6-12-8/h6,10H,2-5H2,1H3. The number of aromatic nitrogens is 1. The molecule has 0 amide bonds. The zero-order chi connectivity index (χ0) is 8.81. The topological polar surface area (TPSA) is 42.4 Å². The van der Waals surface area contributed by atoms with Crippen molar-refractivity contribution < 1.29 is 9.84 Å². The Morgan fingerprint density at radius 2 is 2.50 bits per heavy atom. The summed E-state index contributed by atoms with van der Waals surface area (Å²) in [5.74, 6) is 0. The summed E-state index contributed by atoms with van der Waals surface area (Å²) in [5.41, 5.74) is 0.756. The highest BCUT2D eigenvalue weighted by Gasteiger charge is 1.99. The molecule has 0 aliphatic heterocycles. The van der Waals surface area contributed by atoms with Gasteiger partial charge in [-0.05, 0) is 6.92 Å². The summed E-state index contributed by atoms with van der Waals surface area (Å²) in [7, 11) is 0. The molecule has 1 rings (SSSR count). The van der Waals surface area contributed by atoms with Crippen LogP contribution >= 0.6 is 11.3 Å². The Labute approximate surface area is 76.0 Å². The van der Waals surface area contributed by atoms with Gasteiger partial charge in [0.2, 0.25) is 0 Å². The van der Waals surface area contributed by atoms with Gasteiger partial charge in [0.05, 0.1) is 23.9 Å². The molecule has 0 atom stereocenters. The summed E-state index contributed by atoms with van der Waals surface area (Å²) in [6.07, 6.45) is 0.846. The Kier molecular flexibility index (Phi) is 4.21. The minimum absolute atomic E-state index is 0.0329. The molecule has 3 nitrogen and oxygen atoms in total. The highest BCUT2D eigenvalue weighted by Crippen LogP contribution is 2.09. The first-order valence-corrected chi connectivity index (χ1v) is 4.86. The van der Waals surface area contributed by atoms with E-state index in [1.54, 1.807) is 11.3 Å². The van der Waals surface area contributed by atoms with E-state index in [0.717, 1.165) is 30.3 Å². The fourth-order valence-corrected chi connectivity index (χ4v) is 1.61. The van der Waals surface area contributed by atoms with Crippen LogP contribution in [0.3, 0.4) is 0 Å². The maximum absolute atomic E-state index is 8.74. The number of hydrogen-bond acceptors (Lipinski definition) is 4. The van der Waals surface area contributed by atoms with Crippen LogP contribution in [0.1, 0.15) is 17.6 Å². The number of rotatable bonds is 5. The number of ether oxygens (including phenoxy) is 1. The molecule has 0 radical (unpaired) electrons. The van der Waals surface area contributed by atoms with Gasteiger partial charge in [-0.2, -0.15) is 0 Å². The van der Waals surface area contributed by atoms with Crippen molar-refractivity contribution in [3.8, 4) is 0 Å². The van der Waals surface area contributed by atoms with Crippen molar-refractivity contribution in [1.82, 2.24) is 4.98 Å². The van der Waals surface area contributed by atoms with Crippen LogP contribution in [0.4, 0.5) is 0 Å². The molecule has 1 aromatic heterocycles. The molecular weight excluding hydrogens is 174 g/mol. The van der Waals surface area contributed by atoms with Crippen LogP contribution in [0, 0.1) is 0 Å². The van der Waals surface area contributed by atoms with Crippen molar-refractivity contribution in [1.29, 1.82) is 0 Å². The largest absolute Gasteiger partial charge is 0.390 e. The quantitative estimate of drug-likeness (QED) is 0.705. The third kappa shape index (κ3) is 2.89. The molecule has 0 aliphatic rings. The Morgan fingerprint density at radius 3 is 3.08 bits per heavy atom. The smallest absolute Gasteiger partial charge is 0.0952 e. The number of aliphatic hydroxyl groups is 1. The minimum atomic E-state index is 0.0329. The zero-order valence-corrected chi connectivity index (χ0v) is 7.93. The van der Waals surface area contributed by atoms with Crippen molar-refractivity contribution in [3.63, 3.8) is 0 Å². The molecule has 12 heavy (non-hydrogen) atoms. The molecule has 1 heterocycles. The maximum atomic E-state index is 8.74. The second kappa shape index (κ2) is 5.24. The Balaban J connectivity index is 2.31. The predicted octanol–water partition coefficient (Wildman–Crippen LogP) is 1.21. The molecular formula is C8H13NO2S. The van der Waals surface area contributed by atoms with E-state index in [9.17, 15) is 0 Å². The second-order valence-corrected chi connectivity index (χ2v) is 3.28. The van der Waals surface area contributed by atoms with E-state index < -0.39 is 0 Å². The van der Waals surface area contributed by atoms with Gasteiger partial charge < -0.3 is 9.84 Å². The van der Waals surface area contributed by atoms with Gasteiger partial charge in [-0.15, -0.1) is 11.3 Å². The van der Waals surface area contributed by atoms with Gasteiger partial charge in [-0.3, -0.25) is 0 Å². The van der Waals surface area contributed by atoms with Crippen molar-refractivity contribution in [2.24, 2.45) is 0 Å². The van der Waals surface area contributed by atoms with Crippen LogP contribution < -0.4 is 0 Å². The minimum Gasteiger partial charge on any atom is -0.390 e. The summed E-state index contributed by atoms with van der Waals surface area (Å²) >= 11 is 1.57. The fraction of sp³-hybridized carbons (Fsp3) is 0.625. The van der Waals surface area contributed by atoms with Gasteiger partial charge in [-0.1, -0.05) is 0 Å². The summed E-state index contributed by atoms with van der Waals surface area (Å²) in [6, 6.07) is 0. The number of nitrogens with zero attached hydrogens (tertiary/aromatic N) is 1. The highest BCUT2D eigenvalue weighted by molar-refractivity contribution is 7.09. The van der Waals surface area contributed by atoms with Gasteiger partial charge in [0, 0.05) is 18.4 Å². The summed E-state index contributed by atoms with van der Waals surface area (Å²) < 4.78 is 5.18. The first-order chi connectivity index (χ1) is 5.86. The van der Waals surface area contributed by atoms with Gasteiger partial charge in [-0.25, -0.2) is 4.98 Å². The van der Waals surface area contributed by atoms with E-state index in [-0.39, 0.29) is 6.61 Å². The van der Waals surface area contributed by atoms with Crippen LogP contribution in [0.15, 0.2) is 5.38 Å². The fourth-order valence-electron chi connectivity index (χ4n) is 0.840. The number of hydrogen-bond donors (Lipinski definition) is 1. The van der Waals surface area contributed by atoms with E-state index in [0.29, 0.717) is 0 Å². The second-order valence-electron chi connectivity index (χ2n) is 2.34. The van der Waals surface area contributed by atoms with Crippen LogP contribution in [0.2, 0.25) is 0 Å². The van der Waals surface area contributed by atoms with Gasteiger partial charge >= 0.3 is 0 Å². The number of aliphatic hydroxyl groups excluding tert-OH is 1. The van der Waals surface area contributed by atoms with Gasteiger partial charge in [0.1, 0.15) is 0 Å². The van der Waals surface area contributed by atoms with Crippen molar-refractivity contribution in [3.05, 3.63) is 16.1 Å². The average molecular weight is 187 g/mol. The average Bonchev–Trinajstić information content (AvgIpc) is 2.53. The van der Waals surface area contributed by atoms with E-state index in [1.165, 1.54) is 0 Å². The Hall–Kier alpha value is -0.450. The Morgan fingerprint density at radius 1 is 1.67 bits per heavy atom. The lowest BCUT2D eigenvalue weighted by molar-refractivity contribution is 0.151. The first-order valence-electron chi connectivity index (χ1n) is 3.98. The molecule has 0 aliphatic carbocycles. The van der Waals surface area contributed by atoms with Crippen LogP contribution in [-0.2, 0) is 17.8 Å². The Bertz CT molecular complexity index is 225. The van der Waals surface area contributed by atoms with Crippen molar-refractivity contribution in [2.75, 3.05) is 13.2 Å². The molecule has 68 valence electrons. The van der Waals surface area contributed by atoms with Crippen LogP contribution in [0.5, 0.6) is 0 Å². The lowest BCUT2D eigenvalue weighted by atomic mass is 10.4. The molecule has 4 heteroatoms. The molecule has 0 fully saturated rings. The van der Waals surface area contributed by atoms with E-state index >= 15 is 0 Å². The highest BCUT2D eigenvalue weighted by atomic mass is 32.1. The van der Waals surface area contributed by atoms with Gasteiger partial charge in [0.25, 0.3) is 0 Å². The molecule has 0 unspecified atom stereocenters. The molecule has 1 N–H and O–H groups in total. The maximum Gasteiger partial charge on any atom is 0.0952 e. The van der Waals surface area contributed by atoms with E-state index in [1.807, 2.05) is 12.3 Å². The monoisotopic (exact) mass is 187 g/mol. The molecule has 0 aromatic carbocycles. The van der Waals surface area contributed by atoms with Crippen molar-refractivity contribution >= 4 is 11.3 Å². The van der Waals surface area contributed by atoms with Crippen LogP contribution in [-0.4, -0.2) is 23.3 Å². The van der Waals surface area contributed by atoms with E-state index in [2.05, 4.69) is 4.98 Å². The summed E-state index contributed by atoms with van der Waals surface area (Å²) in [5, 5.41) is 11.6. The molecule has 1 aromatic rings. The lowest BCUT2D eigenvalue weighted by Gasteiger charge is -1.96. The normalized spacial score (nSPS) is 10.5. The summed E-state index contributed by atoms with van der Waals surface area (Å²) in [4.78, 5) is 4.19. The molecule has 0 saturated heterocycles. The van der Waals surface area contributed by atoms with E-state index in [4.69, 9.17) is 9.84 Å². The van der Waals surface area contributed by atoms with Crippen LogP contribution in [0.25, 0.3) is 0 Å². The predicted molar refractivity (Wildman–Crippen MR) is 48.2 cm³/mol. The van der Waals surface area contributed by atoms with Crippen molar-refractivity contribution in [2.45, 2.75) is 20.0 Å². The zero-order valence-electron chi connectivity index (χ0n) is 7.12. The first kappa shape index (κ1) is 9.64.